The highest BCUT2D eigenvalue weighted by Crippen LogP contribution is 2.28. The fourth-order valence-corrected chi connectivity index (χ4v) is 1.91. The minimum absolute atomic E-state index is 0. The molecule has 0 amide bonds. The standard InChI is InChI=1S/C15H17ClN2O2.ClH/c1-17-8-11-3-5-13(14(7-11)19-2)20-10-12-4-6-15(16)18-9-12;/h3-7,9,17H,8,10H2,1-2H3;1H/p-1. The zero-order chi connectivity index (χ0) is 14.4. The second-order valence-corrected chi connectivity index (χ2v) is 4.68. The second-order valence-electron chi connectivity index (χ2n) is 4.29. The molecule has 0 spiro atoms. The lowest BCUT2D eigenvalue weighted by molar-refractivity contribution is -0.00000469. The fraction of sp³-hybridized carbons (Fsp3) is 0.267. The van der Waals surface area contributed by atoms with Crippen LogP contribution in [0.5, 0.6) is 11.5 Å². The van der Waals surface area contributed by atoms with E-state index in [1.807, 2.05) is 31.3 Å². The lowest BCUT2D eigenvalue weighted by Crippen LogP contribution is -3.00. The maximum atomic E-state index is 5.76. The van der Waals surface area contributed by atoms with Crippen LogP contribution in [0.25, 0.3) is 0 Å². The number of ether oxygens (including phenoxy) is 2. The van der Waals surface area contributed by atoms with Gasteiger partial charge >= 0.3 is 0 Å². The monoisotopic (exact) mass is 327 g/mol. The molecule has 1 aromatic carbocycles. The first-order valence-corrected chi connectivity index (χ1v) is 6.65. The summed E-state index contributed by atoms with van der Waals surface area (Å²) in [4.78, 5) is 4.02. The molecule has 4 nitrogen and oxygen atoms in total. The molecule has 2 rings (SSSR count). The SMILES string of the molecule is CNCc1ccc(OCc2ccc(Cl)nc2)c(OC)c1.[Cl-]. The van der Waals surface area contributed by atoms with Crippen LogP contribution < -0.4 is 27.2 Å². The average molecular weight is 328 g/mol. The van der Waals surface area contributed by atoms with E-state index in [0.717, 1.165) is 23.4 Å². The molecule has 1 heterocycles. The molecule has 1 aromatic heterocycles. The Hall–Kier alpha value is -1.49. The van der Waals surface area contributed by atoms with E-state index in [1.54, 1.807) is 19.4 Å². The molecule has 0 aliphatic carbocycles. The van der Waals surface area contributed by atoms with E-state index < -0.39 is 0 Å². The van der Waals surface area contributed by atoms with Gasteiger partial charge in [-0.3, -0.25) is 0 Å². The van der Waals surface area contributed by atoms with Gasteiger partial charge in [-0.2, -0.15) is 0 Å². The van der Waals surface area contributed by atoms with Crippen molar-refractivity contribution in [2.24, 2.45) is 0 Å². The molecular weight excluding hydrogens is 311 g/mol. The number of aromatic nitrogens is 1. The highest BCUT2D eigenvalue weighted by atomic mass is 35.5. The van der Waals surface area contributed by atoms with Gasteiger partial charge < -0.3 is 27.2 Å². The van der Waals surface area contributed by atoms with Gasteiger partial charge in [-0.15, -0.1) is 0 Å². The normalized spacial score (nSPS) is 9.86. The quantitative estimate of drug-likeness (QED) is 0.761. The summed E-state index contributed by atoms with van der Waals surface area (Å²) >= 11 is 5.75. The summed E-state index contributed by atoms with van der Waals surface area (Å²) in [5.74, 6) is 1.43. The van der Waals surface area contributed by atoms with Crippen molar-refractivity contribution in [2.75, 3.05) is 14.2 Å². The van der Waals surface area contributed by atoms with E-state index in [0.29, 0.717) is 17.5 Å². The van der Waals surface area contributed by atoms with Crippen molar-refractivity contribution < 1.29 is 21.9 Å². The summed E-state index contributed by atoms with van der Waals surface area (Å²) < 4.78 is 11.1. The average Bonchev–Trinajstić information content (AvgIpc) is 2.47. The molecule has 0 radical (unpaired) electrons. The third kappa shape index (κ3) is 5.08. The molecule has 21 heavy (non-hydrogen) atoms. The molecule has 0 bridgehead atoms. The van der Waals surface area contributed by atoms with E-state index in [4.69, 9.17) is 21.1 Å². The number of hydrogen-bond donors (Lipinski definition) is 1. The molecule has 0 aliphatic heterocycles. The number of rotatable bonds is 6. The third-order valence-corrected chi connectivity index (χ3v) is 3.02. The van der Waals surface area contributed by atoms with Gasteiger partial charge in [-0.25, -0.2) is 4.98 Å². The zero-order valence-electron chi connectivity index (χ0n) is 11.9. The first kappa shape index (κ1) is 17.6. The van der Waals surface area contributed by atoms with E-state index in [1.165, 1.54) is 0 Å². The van der Waals surface area contributed by atoms with E-state index in [-0.39, 0.29) is 12.4 Å². The van der Waals surface area contributed by atoms with Gasteiger partial charge in [0.25, 0.3) is 0 Å². The molecule has 0 atom stereocenters. The van der Waals surface area contributed by atoms with E-state index in [9.17, 15) is 0 Å². The Morgan fingerprint density at radius 1 is 1.14 bits per heavy atom. The number of pyridine rings is 1. The Morgan fingerprint density at radius 3 is 2.52 bits per heavy atom. The van der Waals surface area contributed by atoms with E-state index in [2.05, 4.69) is 10.3 Å². The van der Waals surface area contributed by atoms with Crippen LogP contribution in [0.15, 0.2) is 36.5 Å². The zero-order valence-corrected chi connectivity index (χ0v) is 13.4. The lowest BCUT2D eigenvalue weighted by Gasteiger charge is -2.12. The van der Waals surface area contributed by atoms with Gasteiger partial charge in [0.05, 0.1) is 7.11 Å². The largest absolute Gasteiger partial charge is 1.00 e. The number of hydrogen-bond acceptors (Lipinski definition) is 4. The number of nitrogens with zero attached hydrogens (tertiary/aromatic N) is 1. The van der Waals surface area contributed by atoms with Crippen molar-refractivity contribution in [1.82, 2.24) is 10.3 Å². The summed E-state index contributed by atoms with van der Waals surface area (Å²) in [7, 11) is 3.54. The molecule has 0 aliphatic rings. The first-order chi connectivity index (χ1) is 9.72. The second kappa shape index (κ2) is 8.72. The summed E-state index contributed by atoms with van der Waals surface area (Å²) in [6, 6.07) is 9.51. The summed E-state index contributed by atoms with van der Waals surface area (Å²) in [5.41, 5.74) is 2.10. The first-order valence-electron chi connectivity index (χ1n) is 6.27. The Labute approximate surface area is 135 Å². The van der Waals surface area contributed by atoms with Crippen LogP contribution in [0.2, 0.25) is 5.15 Å². The van der Waals surface area contributed by atoms with Crippen LogP contribution in [0, 0.1) is 0 Å². The molecule has 2 aromatic rings. The summed E-state index contributed by atoms with van der Waals surface area (Å²) in [5, 5.41) is 3.58. The van der Waals surface area contributed by atoms with Crippen LogP contribution >= 0.6 is 11.6 Å². The van der Waals surface area contributed by atoms with Crippen molar-refractivity contribution in [3.8, 4) is 11.5 Å². The number of methoxy groups -OCH3 is 1. The predicted octanol–water partition coefficient (Wildman–Crippen LogP) is 0.0460. The van der Waals surface area contributed by atoms with Gasteiger partial charge in [0, 0.05) is 18.3 Å². The number of halogens is 2. The van der Waals surface area contributed by atoms with E-state index >= 15 is 0 Å². The van der Waals surface area contributed by atoms with Gasteiger partial charge in [-0.05, 0) is 30.8 Å². The molecule has 0 fully saturated rings. The third-order valence-electron chi connectivity index (χ3n) is 2.79. The molecule has 6 heteroatoms. The molecule has 0 saturated heterocycles. The molecular formula is C15H17Cl2N2O2-. The Kier molecular flexibility index (Phi) is 7.29. The predicted molar refractivity (Wildman–Crippen MR) is 79.3 cm³/mol. The molecule has 0 unspecified atom stereocenters. The number of benzene rings is 1. The van der Waals surface area contributed by atoms with Crippen molar-refractivity contribution in [3.05, 3.63) is 52.8 Å². The smallest absolute Gasteiger partial charge is 0.161 e. The van der Waals surface area contributed by atoms with Crippen molar-refractivity contribution >= 4 is 11.6 Å². The van der Waals surface area contributed by atoms with Crippen molar-refractivity contribution in [3.63, 3.8) is 0 Å². The summed E-state index contributed by atoms with van der Waals surface area (Å²) in [6.45, 7) is 1.21. The van der Waals surface area contributed by atoms with Gasteiger partial charge in [0.1, 0.15) is 11.8 Å². The highest BCUT2D eigenvalue weighted by Gasteiger charge is 2.06. The lowest BCUT2D eigenvalue weighted by atomic mass is 10.2. The van der Waals surface area contributed by atoms with Crippen LogP contribution in [0.4, 0.5) is 0 Å². The van der Waals surface area contributed by atoms with Crippen LogP contribution in [0.1, 0.15) is 11.1 Å². The minimum atomic E-state index is 0. The van der Waals surface area contributed by atoms with Gasteiger partial charge in [0.15, 0.2) is 11.5 Å². The Bertz CT molecular complexity index is 562. The minimum Gasteiger partial charge on any atom is -1.00 e. The Balaban J connectivity index is 0.00000220. The van der Waals surface area contributed by atoms with Crippen LogP contribution in [-0.2, 0) is 13.2 Å². The van der Waals surface area contributed by atoms with Crippen molar-refractivity contribution in [1.29, 1.82) is 0 Å². The molecule has 114 valence electrons. The van der Waals surface area contributed by atoms with Crippen LogP contribution in [-0.4, -0.2) is 19.1 Å². The maximum absolute atomic E-state index is 5.76. The topological polar surface area (TPSA) is 43.4 Å². The molecule has 1 N–H and O–H groups in total. The van der Waals surface area contributed by atoms with Gasteiger partial charge in [0.2, 0.25) is 0 Å². The Morgan fingerprint density at radius 2 is 1.90 bits per heavy atom. The number of nitrogens with one attached hydrogen (secondary N) is 1. The summed E-state index contributed by atoms with van der Waals surface area (Å²) in [6.07, 6.45) is 1.70. The maximum Gasteiger partial charge on any atom is 0.161 e. The van der Waals surface area contributed by atoms with Crippen LogP contribution in [0.3, 0.4) is 0 Å². The van der Waals surface area contributed by atoms with Crippen molar-refractivity contribution in [2.45, 2.75) is 13.2 Å². The fourth-order valence-electron chi connectivity index (χ4n) is 1.80. The van der Waals surface area contributed by atoms with Gasteiger partial charge in [-0.1, -0.05) is 23.7 Å². The molecule has 0 saturated carbocycles. The highest BCUT2D eigenvalue weighted by molar-refractivity contribution is 6.29.